The molecule has 1 saturated carbocycles. The maximum absolute atomic E-state index is 12.5. The fourth-order valence-electron chi connectivity index (χ4n) is 4.08. The smallest absolute Gasteiger partial charge is 0.407 e. The molecule has 5 rings (SSSR count). The van der Waals surface area contributed by atoms with E-state index in [2.05, 4.69) is 36.4 Å². The maximum Gasteiger partial charge on any atom is 0.407 e. The Labute approximate surface area is 232 Å². The monoisotopic (exact) mass is 542 g/mol. The molecule has 11 heteroatoms. The van der Waals surface area contributed by atoms with E-state index in [1.165, 1.54) is 12.8 Å². The number of nitrogens with one attached hydrogen (secondary N) is 5. The molecular weight excluding hydrogens is 508 g/mol. The Kier molecular flexibility index (Phi) is 7.81. The molecule has 2 aromatic heterocycles. The molecule has 40 heavy (non-hydrogen) atoms. The van der Waals surface area contributed by atoms with Crippen LogP contribution in [0.1, 0.15) is 62.0 Å². The van der Waals surface area contributed by atoms with Crippen LogP contribution in [0.15, 0.2) is 54.6 Å². The predicted molar refractivity (Wildman–Crippen MR) is 154 cm³/mol. The number of fused-ring (bicyclic) bond motifs is 1. The number of alkyl carbamates (subject to hydrolysis) is 1. The highest BCUT2D eigenvalue weighted by Crippen LogP contribution is 2.39. The number of anilines is 4. The molecule has 0 spiro atoms. The molecular formula is C29H34N8O3. The van der Waals surface area contributed by atoms with E-state index >= 15 is 0 Å². The van der Waals surface area contributed by atoms with Crippen molar-refractivity contribution in [2.75, 3.05) is 23.7 Å². The first kappa shape index (κ1) is 26.9. The molecule has 0 radical (unpaired) electrons. The van der Waals surface area contributed by atoms with Crippen LogP contribution < -0.4 is 21.3 Å². The first-order valence-electron chi connectivity index (χ1n) is 13.4. The lowest BCUT2D eigenvalue weighted by Gasteiger charge is -2.19. The van der Waals surface area contributed by atoms with E-state index in [-0.39, 0.29) is 5.91 Å². The molecule has 1 aliphatic rings. The van der Waals surface area contributed by atoms with E-state index in [0.717, 1.165) is 22.3 Å². The minimum atomic E-state index is -0.543. The highest BCUT2D eigenvalue weighted by Gasteiger charge is 2.25. The number of carbonyl (C=O) groups excluding carboxylic acids is 2. The van der Waals surface area contributed by atoms with Crippen molar-refractivity contribution in [3.8, 4) is 0 Å². The molecule has 0 unspecified atom stereocenters. The summed E-state index contributed by atoms with van der Waals surface area (Å²) in [7, 11) is 0. The summed E-state index contributed by atoms with van der Waals surface area (Å²) >= 11 is 0. The second-order valence-electron chi connectivity index (χ2n) is 10.8. The van der Waals surface area contributed by atoms with Gasteiger partial charge in [-0.15, -0.1) is 0 Å². The lowest BCUT2D eigenvalue weighted by molar-refractivity contribution is 0.0527. The van der Waals surface area contributed by atoms with Gasteiger partial charge in [-0.2, -0.15) is 10.1 Å². The second-order valence-corrected chi connectivity index (χ2v) is 10.8. The number of benzene rings is 2. The molecule has 2 aromatic carbocycles. The van der Waals surface area contributed by atoms with Crippen molar-refractivity contribution >= 4 is 46.2 Å². The van der Waals surface area contributed by atoms with Crippen molar-refractivity contribution in [2.45, 2.75) is 51.6 Å². The van der Waals surface area contributed by atoms with Gasteiger partial charge < -0.3 is 26.0 Å². The van der Waals surface area contributed by atoms with Crippen LogP contribution in [0.2, 0.25) is 0 Å². The number of ether oxygens (including phenoxy) is 1. The first-order valence-corrected chi connectivity index (χ1v) is 13.4. The number of H-pyrrole nitrogens is 1. The van der Waals surface area contributed by atoms with E-state index in [9.17, 15) is 9.59 Å². The van der Waals surface area contributed by atoms with Gasteiger partial charge in [0.1, 0.15) is 11.4 Å². The normalized spacial score (nSPS) is 13.1. The van der Waals surface area contributed by atoms with E-state index in [1.54, 1.807) is 24.3 Å². The number of aromatic amines is 1. The zero-order valence-corrected chi connectivity index (χ0v) is 22.9. The van der Waals surface area contributed by atoms with Gasteiger partial charge in [0.05, 0.1) is 5.52 Å². The summed E-state index contributed by atoms with van der Waals surface area (Å²) in [5, 5.41) is 20.5. The standard InChI is InChI=1S/C29H34N8O3/c1-29(2,3)40-28(39)31-16-6-15-30-26(38)19-11-13-20(14-12-19)32-27-33-22-8-5-4-7-21(22)25(35-27)34-24-17-23(36-37-24)18-9-10-18/h4-5,7-8,11-14,17-18H,6,9-10,15-16H2,1-3H3,(H,30,38)(H,31,39)(H3,32,33,34,35,36,37). The van der Waals surface area contributed by atoms with Gasteiger partial charge in [-0.05, 0) is 76.4 Å². The highest BCUT2D eigenvalue weighted by molar-refractivity contribution is 5.95. The minimum Gasteiger partial charge on any atom is -0.444 e. The second kappa shape index (κ2) is 11.6. The molecule has 0 atom stereocenters. The third kappa shape index (κ3) is 7.25. The summed E-state index contributed by atoms with van der Waals surface area (Å²) in [6.45, 7) is 6.26. The molecule has 1 fully saturated rings. The largest absolute Gasteiger partial charge is 0.444 e. The highest BCUT2D eigenvalue weighted by atomic mass is 16.6. The van der Waals surface area contributed by atoms with Crippen molar-refractivity contribution in [1.29, 1.82) is 0 Å². The summed E-state index contributed by atoms with van der Waals surface area (Å²) in [6.07, 6.45) is 2.50. The van der Waals surface area contributed by atoms with Crippen molar-refractivity contribution < 1.29 is 14.3 Å². The lowest BCUT2D eigenvalue weighted by atomic mass is 10.2. The number of para-hydroxylation sites is 1. The zero-order valence-electron chi connectivity index (χ0n) is 22.9. The molecule has 2 heterocycles. The van der Waals surface area contributed by atoms with Crippen LogP contribution in [-0.4, -0.2) is 50.9 Å². The fourth-order valence-corrected chi connectivity index (χ4v) is 4.08. The summed E-state index contributed by atoms with van der Waals surface area (Å²) in [5.74, 6) is 2.18. The third-order valence-electron chi connectivity index (χ3n) is 6.18. The Morgan fingerprint density at radius 3 is 2.48 bits per heavy atom. The SMILES string of the molecule is CC(C)(C)OC(=O)NCCCNC(=O)c1ccc(Nc2nc(Nc3cc(C4CC4)[nH]n3)c3ccccc3n2)cc1. The van der Waals surface area contributed by atoms with Gasteiger partial charge in [0, 0.05) is 47.4 Å². The number of hydrogen-bond acceptors (Lipinski definition) is 8. The molecule has 2 amide bonds. The summed E-state index contributed by atoms with van der Waals surface area (Å²) in [5.41, 5.74) is 2.66. The Morgan fingerprint density at radius 1 is 0.975 bits per heavy atom. The van der Waals surface area contributed by atoms with Gasteiger partial charge >= 0.3 is 6.09 Å². The van der Waals surface area contributed by atoms with Crippen LogP contribution in [0, 0.1) is 0 Å². The zero-order chi connectivity index (χ0) is 28.1. The summed E-state index contributed by atoms with van der Waals surface area (Å²) in [4.78, 5) is 33.6. The molecule has 11 nitrogen and oxygen atoms in total. The Balaban J connectivity index is 1.17. The molecule has 0 bridgehead atoms. The first-order chi connectivity index (χ1) is 19.2. The average molecular weight is 543 g/mol. The van der Waals surface area contributed by atoms with Crippen LogP contribution in [-0.2, 0) is 4.74 Å². The van der Waals surface area contributed by atoms with Crippen LogP contribution in [0.5, 0.6) is 0 Å². The molecule has 1 aliphatic carbocycles. The average Bonchev–Trinajstić information content (AvgIpc) is 3.66. The van der Waals surface area contributed by atoms with Gasteiger partial charge in [-0.25, -0.2) is 9.78 Å². The van der Waals surface area contributed by atoms with Crippen molar-refractivity contribution in [1.82, 2.24) is 30.8 Å². The Morgan fingerprint density at radius 2 is 1.73 bits per heavy atom. The third-order valence-corrected chi connectivity index (χ3v) is 6.18. The number of nitrogens with zero attached hydrogens (tertiary/aromatic N) is 3. The van der Waals surface area contributed by atoms with E-state index in [1.807, 2.05) is 51.1 Å². The van der Waals surface area contributed by atoms with E-state index in [0.29, 0.717) is 48.6 Å². The number of carbonyl (C=O) groups is 2. The molecule has 4 aromatic rings. The van der Waals surface area contributed by atoms with Gasteiger partial charge in [0.15, 0.2) is 5.82 Å². The molecule has 0 aliphatic heterocycles. The lowest BCUT2D eigenvalue weighted by Crippen LogP contribution is -2.34. The maximum atomic E-state index is 12.5. The summed E-state index contributed by atoms with van der Waals surface area (Å²) in [6, 6.07) is 16.9. The Hall–Kier alpha value is -4.67. The molecule has 5 N–H and O–H groups in total. The number of aromatic nitrogens is 4. The number of rotatable bonds is 10. The van der Waals surface area contributed by atoms with Crippen LogP contribution in [0.3, 0.4) is 0 Å². The molecule has 0 saturated heterocycles. The quantitative estimate of drug-likeness (QED) is 0.168. The van der Waals surface area contributed by atoms with E-state index < -0.39 is 11.7 Å². The minimum absolute atomic E-state index is 0.193. The van der Waals surface area contributed by atoms with Crippen molar-refractivity contribution in [2.24, 2.45) is 0 Å². The van der Waals surface area contributed by atoms with Gasteiger partial charge in [-0.3, -0.25) is 9.89 Å². The van der Waals surface area contributed by atoms with Gasteiger partial charge in [0.2, 0.25) is 5.95 Å². The van der Waals surface area contributed by atoms with Crippen LogP contribution in [0.25, 0.3) is 10.9 Å². The topological polar surface area (TPSA) is 146 Å². The fraction of sp³-hybridized carbons (Fsp3) is 0.345. The number of amides is 2. The van der Waals surface area contributed by atoms with Gasteiger partial charge in [0.25, 0.3) is 5.91 Å². The molecule has 208 valence electrons. The van der Waals surface area contributed by atoms with Crippen molar-refractivity contribution in [3.05, 3.63) is 65.9 Å². The van der Waals surface area contributed by atoms with Crippen molar-refractivity contribution in [3.63, 3.8) is 0 Å². The van der Waals surface area contributed by atoms with Gasteiger partial charge in [-0.1, -0.05) is 12.1 Å². The number of hydrogen-bond donors (Lipinski definition) is 5. The van der Waals surface area contributed by atoms with E-state index in [4.69, 9.17) is 9.72 Å². The Bertz CT molecular complexity index is 1490. The van der Waals surface area contributed by atoms with Crippen LogP contribution >= 0.6 is 0 Å². The summed E-state index contributed by atoms with van der Waals surface area (Å²) < 4.78 is 5.19. The predicted octanol–water partition coefficient (Wildman–Crippen LogP) is 5.36. The van der Waals surface area contributed by atoms with Crippen LogP contribution in [0.4, 0.5) is 28.1 Å².